The second-order valence-electron chi connectivity index (χ2n) is 5.39. The fourth-order valence-electron chi connectivity index (χ4n) is 2.57. The fraction of sp³-hybridized carbons (Fsp3) is 0.538. The number of aryl methyl sites for hydroxylation is 1. The third-order valence-corrected chi connectivity index (χ3v) is 5.13. The summed E-state index contributed by atoms with van der Waals surface area (Å²) in [6.07, 6.45) is -4.15. The van der Waals surface area contributed by atoms with Crippen molar-refractivity contribution < 1.29 is 27.2 Å². The molecule has 2 bridgehead atoms. The molecule has 1 aromatic rings. The predicted molar refractivity (Wildman–Crippen MR) is 76.8 cm³/mol. The standard InChI is InChI=1S/C13H15N3O6S/c1-7-2-4-8(5-3-7)23(18,19)22-12-10(15-16-14)11(17)9-6-20-13(12)21-9/h2-5,9-13,17H,6H2,1H3/t9-,10+,11-,12-,13-/m1/s1. The first-order valence-corrected chi connectivity index (χ1v) is 8.32. The van der Waals surface area contributed by atoms with Crippen LogP contribution in [0, 0.1) is 6.92 Å². The van der Waals surface area contributed by atoms with Crippen LogP contribution in [0.5, 0.6) is 0 Å². The summed E-state index contributed by atoms with van der Waals surface area (Å²) >= 11 is 0. The van der Waals surface area contributed by atoms with Gasteiger partial charge in [-0.2, -0.15) is 8.42 Å². The quantitative estimate of drug-likeness (QED) is 0.374. The fourth-order valence-corrected chi connectivity index (χ4v) is 3.65. The monoisotopic (exact) mass is 341 g/mol. The Morgan fingerprint density at radius 1 is 1.39 bits per heavy atom. The Balaban J connectivity index is 1.89. The highest BCUT2D eigenvalue weighted by molar-refractivity contribution is 7.86. The first kappa shape index (κ1) is 16.2. The van der Waals surface area contributed by atoms with E-state index in [0.717, 1.165) is 5.56 Å². The number of hydrogen-bond acceptors (Lipinski definition) is 7. The third-order valence-electron chi connectivity index (χ3n) is 3.80. The van der Waals surface area contributed by atoms with Crippen molar-refractivity contribution in [1.29, 1.82) is 0 Å². The summed E-state index contributed by atoms with van der Waals surface area (Å²) in [5.74, 6) is 0. The lowest BCUT2D eigenvalue weighted by atomic mass is 9.99. The van der Waals surface area contributed by atoms with Gasteiger partial charge in [-0.15, -0.1) is 0 Å². The van der Waals surface area contributed by atoms with Gasteiger partial charge in [0, 0.05) is 4.91 Å². The molecule has 0 amide bonds. The van der Waals surface area contributed by atoms with E-state index in [1.165, 1.54) is 12.1 Å². The number of aliphatic hydroxyl groups excluding tert-OH is 1. The Labute approximate surface area is 132 Å². The predicted octanol–water partition coefficient (Wildman–Crippen LogP) is 0.864. The first-order chi connectivity index (χ1) is 10.9. The Morgan fingerprint density at radius 3 is 2.74 bits per heavy atom. The van der Waals surface area contributed by atoms with Crippen LogP contribution in [0.1, 0.15) is 5.56 Å². The van der Waals surface area contributed by atoms with Crippen molar-refractivity contribution in [3.05, 3.63) is 40.3 Å². The summed E-state index contributed by atoms with van der Waals surface area (Å²) < 4.78 is 40.6. The molecule has 0 spiro atoms. The van der Waals surface area contributed by atoms with Crippen LogP contribution in [0.4, 0.5) is 0 Å². The summed E-state index contributed by atoms with van der Waals surface area (Å²) in [6.45, 7) is 1.90. The topological polar surface area (TPSA) is 131 Å². The molecule has 3 rings (SSSR count). The van der Waals surface area contributed by atoms with Crippen LogP contribution < -0.4 is 0 Å². The number of nitrogens with zero attached hydrogens (tertiary/aromatic N) is 3. The molecular weight excluding hydrogens is 326 g/mol. The molecule has 2 heterocycles. The summed E-state index contributed by atoms with van der Waals surface area (Å²) in [5.41, 5.74) is 9.55. The molecule has 9 nitrogen and oxygen atoms in total. The summed E-state index contributed by atoms with van der Waals surface area (Å²) in [7, 11) is -4.13. The molecule has 0 unspecified atom stereocenters. The van der Waals surface area contributed by atoms with Gasteiger partial charge in [-0.05, 0) is 24.6 Å². The lowest BCUT2D eigenvalue weighted by molar-refractivity contribution is -0.180. The molecule has 23 heavy (non-hydrogen) atoms. The first-order valence-electron chi connectivity index (χ1n) is 6.91. The van der Waals surface area contributed by atoms with Crippen molar-refractivity contribution >= 4 is 10.1 Å². The van der Waals surface area contributed by atoms with Gasteiger partial charge < -0.3 is 14.6 Å². The van der Waals surface area contributed by atoms with E-state index in [0.29, 0.717) is 0 Å². The highest BCUT2D eigenvalue weighted by atomic mass is 32.2. The number of hydrogen-bond donors (Lipinski definition) is 1. The maximum absolute atomic E-state index is 12.4. The molecule has 2 fully saturated rings. The molecule has 0 radical (unpaired) electrons. The minimum absolute atomic E-state index is 0.0441. The number of fused-ring (bicyclic) bond motifs is 2. The average molecular weight is 341 g/mol. The van der Waals surface area contributed by atoms with Gasteiger partial charge in [0.15, 0.2) is 6.29 Å². The Morgan fingerprint density at radius 2 is 2.09 bits per heavy atom. The van der Waals surface area contributed by atoms with Gasteiger partial charge in [-0.3, -0.25) is 4.18 Å². The van der Waals surface area contributed by atoms with Crippen molar-refractivity contribution in [2.75, 3.05) is 6.61 Å². The van der Waals surface area contributed by atoms with Gasteiger partial charge in [0.25, 0.3) is 10.1 Å². The van der Waals surface area contributed by atoms with E-state index in [9.17, 15) is 13.5 Å². The number of azide groups is 1. The zero-order valence-electron chi connectivity index (χ0n) is 12.1. The van der Waals surface area contributed by atoms with Gasteiger partial charge in [-0.25, -0.2) is 0 Å². The van der Waals surface area contributed by atoms with Crippen LogP contribution in [-0.2, 0) is 23.8 Å². The van der Waals surface area contributed by atoms with Gasteiger partial charge in [-0.1, -0.05) is 22.8 Å². The van der Waals surface area contributed by atoms with Crippen molar-refractivity contribution in [3.63, 3.8) is 0 Å². The van der Waals surface area contributed by atoms with Crippen LogP contribution in [-0.4, -0.2) is 50.8 Å². The molecule has 1 N–H and O–H groups in total. The number of rotatable bonds is 4. The molecule has 2 aliphatic heterocycles. The smallest absolute Gasteiger partial charge is 0.297 e. The lowest BCUT2D eigenvalue weighted by Crippen LogP contribution is -2.54. The van der Waals surface area contributed by atoms with Gasteiger partial charge in [0.05, 0.1) is 23.6 Å². The highest BCUT2D eigenvalue weighted by Crippen LogP contribution is 2.33. The Bertz CT molecular complexity index is 731. The Hall–Kier alpha value is -1.68. The molecule has 2 aliphatic rings. The second-order valence-corrected chi connectivity index (χ2v) is 6.96. The molecule has 1 aromatic carbocycles. The van der Waals surface area contributed by atoms with E-state index in [1.54, 1.807) is 12.1 Å². The third kappa shape index (κ3) is 3.05. The van der Waals surface area contributed by atoms with Crippen molar-refractivity contribution in [1.82, 2.24) is 0 Å². The van der Waals surface area contributed by atoms with E-state index in [4.69, 9.17) is 19.2 Å². The average Bonchev–Trinajstić information content (AvgIpc) is 2.96. The molecule has 10 heteroatoms. The molecule has 5 atom stereocenters. The maximum Gasteiger partial charge on any atom is 0.297 e. The van der Waals surface area contributed by atoms with E-state index < -0.39 is 40.8 Å². The summed E-state index contributed by atoms with van der Waals surface area (Å²) in [6, 6.07) is 4.97. The normalized spacial score (nSPS) is 33.2. The van der Waals surface area contributed by atoms with Crippen molar-refractivity contribution in [3.8, 4) is 0 Å². The largest absolute Gasteiger partial charge is 0.390 e. The molecule has 0 aromatic heterocycles. The molecular formula is C13H15N3O6S. The number of aliphatic hydroxyl groups is 1. The molecule has 124 valence electrons. The SMILES string of the molecule is Cc1ccc(S(=O)(=O)O[C@H]2[C@@H]3OC[C@@H](O3)[C@@H](O)[C@@H]2N=[N+]=[N-])cc1. The maximum atomic E-state index is 12.4. The minimum Gasteiger partial charge on any atom is -0.390 e. The minimum atomic E-state index is -4.13. The lowest BCUT2D eigenvalue weighted by Gasteiger charge is -2.35. The van der Waals surface area contributed by atoms with E-state index >= 15 is 0 Å². The zero-order chi connectivity index (χ0) is 16.6. The number of benzene rings is 1. The van der Waals surface area contributed by atoms with E-state index in [1.807, 2.05) is 6.92 Å². The molecule has 0 aliphatic carbocycles. The highest BCUT2D eigenvalue weighted by Gasteiger charge is 2.52. The van der Waals surface area contributed by atoms with Gasteiger partial charge in [0.2, 0.25) is 0 Å². The molecule has 2 saturated heterocycles. The van der Waals surface area contributed by atoms with Crippen LogP contribution in [0.15, 0.2) is 34.3 Å². The second kappa shape index (κ2) is 6.08. The van der Waals surface area contributed by atoms with E-state index in [2.05, 4.69) is 10.0 Å². The van der Waals surface area contributed by atoms with Crippen LogP contribution in [0.2, 0.25) is 0 Å². The summed E-state index contributed by atoms with van der Waals surface area (Å²) in [5, 5.41) is 13.6. The Kier molecular flexibility index (Phi) is 4.28. The van der Waals surface area contributed by atoms with Gasteiger partial charge >= 0.3 is 0 Å². The van der Waals surface area contributed by atoms with Gasteiger partial charge in [0.1, 0.15) is 12.2 Å². The summed E-state index contributed by atoms with van der Waals surface area (Å²) in [4.78, 5) is 2.61. The molecule has 0 saturated carbocycles. The zero-order valence-corrected chi connectivity index (χ0v) is 13.0. The van der Waals surface area contributed by atoms with Crippen LogP contribution >= 0.6 is 0 Å². The number of ether oxygens (including phenoxy) is 2. The van der Waals surface area contributed by atoms with Crippen LogP contribution in [0.3, 0.4) is 0 Å². The van der Waals surface area contributed by atoms with E-state index in [-0.39, 0.29) is 11.5 Å². The van der Waals surface area contributed by atoms with Crippen molar-refractivity contribution in [2.24, 2.45) is 5.11 Å². The van der Waals surface area contributed by atoms with Crippen LogP contribution in [0.25, 0.3) is 10.4 Å². The van der Waals surface area contributed by atoms with Crippen molar-refractivity contribution in [2.45, 2.75) is 42.5 Å².